The lowest BCUT2D eigenvalue weighted by Gasteiger charge is -2.08. The number of hydrogen-bond acceptors (Lipinski definition) is 1. The molecule has 0 saturated heterocycles. The van der Waals surface area contributed by atoms with Crippen molar-refractivity contribution in [1.82, 2.24) is 9.13 Å². The fourth-order valence-electron chi connectivity index (χ4n) is 3.10. The van der Waals surface area contributed by atoms with Crippen LogP contribution in [0.4, 0.5) is 0 Å². The minimum atomic E-state index is 0.805. The number of aromatic nitrogens is 2. The van der Waals surface area contributed by atoms with Gasteiger partial charge in [0.05, 0.1) is 6.61 Å². The van der Waals surface area contributed by atoms with Crippen LogP contribution in [0.1, 0.15) is 76.2 Å². The van der Waals surface area contributed by atoms with E-state index < -0.39 is 0 Å². The zero-order valence-electron chi connectivity index (χ0n) is 19.3. The van der Waals surface area contributed by atoms with E-state index in [1.165, 1.54) is 55.0 Å². The lowest BCUT2D eigenvalue weighted by atomic mass is 10.2. The van der Waals surface area contributed by atoms with Gasteiger partial charge in [0, 0.05) is 42.5 Å². The van der Waals surface area contributed by atoms with Crippen LogP contribution in [-0.4, -0.2) is 22.3 Å². The van der Waals surface area contributed by atoms with Crippen molar-refractivity contribution in [2.75, 3.05) is 13.2 Å². The number of hydrogen-bond donors (Lipinski definition) is 0. The lowest BCUT2D eigenvalue weighted by Crippen LogP contribution is -2.08. The Morgan fingerprint density at radius 1 is 0.667 bits per heavy atom. The van der Waals surface area contributed by atoms with Gasteiger partial charge in [-0.1, -0.05) is 40.0 Å². The van der Waals surface area contributed by atoms with Crippen LogP contribution in [0.2, 0.25) is 0 Å². The molecule has 0 aliphatic carbocycles. The van der Waals surface area contributed by atoms with Gasteiger partial charge in [-0.05, 0) is 65.3 Å². The quantitative estimate of drug-likeness (QED) is 0.438. The lowest BCUT2D eigenvalue weighted by molar-refractivity contribution is 0.138. The van der Waals surface area contributed by atoms with Crippen LogP contribution in [0.25, 0.3) is 0 Å². The Kier molecular flexibility index (Phi) is 14.7. The Bertz CT molecular complexity index is 557. The van der Waals surface area contributed by atoms with Gasteiger partial charge in [0.15, 0.2) is 0 Å². The van der Waals surface area contributed by atoms with E-state index in [0.29, 0.717) is 0 Å². The molecule has 0 N–H and O–H groups in total. The highest BCUT2D eigenvalue weighted by Gasteiger charge is 2.00. The fraction of sp³-hybridized carbons (Fsp3) is 0.667. The third-order valence-corrected chi connectivity index (χ3v) is 4.73. The molecule has 2 aromatic rings. The standard InChI is InChI=1S/C12H21N.C10H17NO.C2H6/c1-4-5-6-7-10-13-11(2)8-9-12(13)3;1-4-12-8-7-11-9(2)5-6-10(11)3;1-2/h8-9H,4-7,10H2,1-3H3;5-6H,4,7-8H2,1-3H3;1-2H3. The minimum Gasteiger partial charge on any atom is -0.380 e. The smallest absolute Gasteiger partial charge is 0.0645 e. The third-order valence-electron chi connectivity index (χ3n) is 4.73. The second kappa shape index (κ2) is 15.6. The number of ether oxygens (including phenoxy) is 1. The maximum absolute atomic E-state index is 5.30. The van der Waals surface area contributed by atoms with Crippen LogP contribution in [0, 0.1) is 27.7 Å². The van der Waals surface area contributed by atoms with Gasteiger partial charge < -0.3 is 13.9 Å². The zero-order chi connectivity index (χ0) is 20.7. The van der Waals surface area contributed by atoms with Crippen molar-refractivity contribution in [3.8, 4) is 0 Å². The predicted octanol–water partition coefficient (Wildman–Crippen LogP) is 6.85. The summed E-state index contributed by atoms with van der Waals surface area (Å²) in [6.07, 6.45) is 5.39. The normalized spacial score (nSPS) is 10.1. The molecule has 0 aliphatic rings. The second-order valence-electron chi connectivity index (χ2n) is 6.79. The Balaban J connectivity index is 0.000000460. The molecule has 0 bridgehead atoms. The Morgan fingerprint density at radius 3 is 1.52 bits per heavy atom. The van der Waals surface area contributed by atoms with Crippen LogP contribution in [0.5, 0.6) is 0 Å². The summed E-state index contributed by atoms with van der Waals surface area (Å²) in [5, 5.41) is 0. The average Bonchev–Trinajstić information content (AvgIpc) is 3.17. The van der Waals surface area contributed by atoms with Crippen LogP contribution in [0.3, 0.4) is 0 Å². The van der Waals surface area contributed by atoms with Gasteiger partial charge in [0.1, 0.15) is 0 Å². The monoisotopic (exact) mass is 376 g/mol. The summed E-state index contributed by atoms with van der Waals surface area (Å²) in [4.78, 5) is 0. The van der Waals surface area contributed by atoms with E-state index in [1.807, 2.05) is 20.8 Å². The van der Waals surface area contributed by atoms with Gasteiger partial charge in [0.25, 0.3) is 0 Å². The molecule has 2 heterocycles. The largest absolute Gasteiger partial charge is 0.380 e. The fourth-order valence-corrected chi connectivity index (χ4v) is 3.10. The van der Waals surface area contributed by atoms with E-state index in [2.05, 4.69) is 68.0 Å². The molecule has 0 atom stereocenters. The van der Waals surface area contributed by atoms with E-state index in [0.717, 1.165) is 19.8 Å². The molecule has 3 nitrogen and oxygen atoms in total. The molecule has 0 amide bonds. The first-order valence-corrected chi connectivity index (χ1v) is 10.8. The van der Waals surface area contributed by atoms with Crippen molar-refractivity contribution in [2.24, 2.45) is 0 Å². The number of unbranched alkanes of at least 4 members (excludes halogenated alkanes) is 3. The van der Waals surface area contributed by atoms with E-state index in [9.17, 15) is 0 Å². The molecule has 0 spiro atoms. The van der Waals surface area contributed by atoms with Crippen molar-refractivity contribution in [3.05, 3.63) is 47.0 Å². The Hall–Kier alpha value is -1.48. The van der Waals surface area contributed by atoms with Crippen LogP contribution in [-0.2, 0) is 17.8 Å². The molecule has 0 radical (unpaired) electrons. The summed E-state index contributed by atoms with van der Waals surface area (Å²) in [6, 6.07) is 8.69. The highest BCUT2D eigenvalue weighted by Crippen LogP contribution is 2.10. The summed E-state index contributed by atoms with van der Waals surface area (Å²) in [6.45, 7) is 20.7. The van der Waals surface area contributed by atoms with Crippen LogP contribution < -0.4 is 0 Å². The van der Waals surface area contributed by atoms with Crippen molar-refractivity contribution in [2.45, 2.75) is 94.2 Å². The minimum absolute atomic E-state index is 0.805. The summed E-state index contributed by atoms with van der Waals surface area (Å²) in [5.41, 5.74) is 5.42. The molecule has 27 heavy (non-hydrogen) atoms. The van der Waals surface area contributed by atoms with Crippen molar-refractivity contribution >= 4 is 0 Å². The highest BCUT2D eigenvalue weighted by molar-refractivity contribution is 5.14. The first kappa shape index (κ1) is 25.5. The first-order valence-electron chi connectivity index (χ1n) is 10.8. The molecule has 2 aromatic heterocycles. The molecular formula is C24H44N2O. The van der Waals surface area contributed by atoms with Gasteiger partial charge in [0.2, 0.25) is 0 Å². The van der Waals surface area contributed by atoms with E-state index in [1.54, 1.807) is 0 Å². The van der Waals surface area contributed by atoms with Crippen LogP contribution >= 0.6 is 0 Å². The number of rotatable bonds is 9. The number of nitrogens with zero attached hydrogens (tertiary/aromatic N) is 2. The molecule has 3 heteroatoms. The molecule has 0 aliphatic heterocycles. The summed E-state index contributed by atoms with van der Waals surface area (Å²) >= 11 is 0. The first-order chi connectivity index (χ1) is 13.0. The molecular weight excluding hydrogens is 332 g/mol. The zero-order valence-corrected chi connectivity index (χ0v) is 19.3. The maximum Gasteiger partial charge on any atom is 0.0645 e. The predicted molar refractivity (Wildman–Crippen MR) is 120 cm³/mol. The molecule has 2 rings (SSSR count). The van der Waals surface area contributed by atoms with E-state index in [4.69, 9.17) is 4.74 Å². The van der Waals surface area contributed by atoms with Gasteiger partial charge in [-0.2, -0.15) is 0 Å². The van der Waals surface area contributed by atoms with Crippen LogP contribution in [0.15, 0.2) is 24.3 Å². The average molecular weight is 377 g/mol. The van der Waals surface area contributed by atoms with Gasteiger partial charge in [-0.15, -0.1) is 0 Å². The second-order valence-corrected chi connectivity index (χ2v) is 6.79. The van der Waals surface area contributed by atoms with Gasteiger partial charge in [-0.3, -0.25) is 0 Å². The number of aryl methyl sites for hydroxylation is 4. The molecule has 0 fully saturated rings. The topological polar surface area (TPSA) is 19.1 Å². The third kappa shape index (κ3) is 9.86. The summed E-state index contributed by atoms with van der Waals surface area (Å²) in [5.74, 6) is 0. The molecule has 0 unspecified atom stereocenters. The van der Waals surface area contributed by atoms with Crippen molar-refractivity contribution < 1.29 is 4.74 Å². The summed E-state index contributed by atoms with van der Waals surface area (Å²) in [7, 11) is 0. The molecule has 0 aromatic carbocycles. The van der Waals surface area contributed by atoms with Crippen molar-refractivity contribution in [1.29, 1.82) is 0 Å². The maximum atomic E-state index is 5.30. The van der Waals surface area contributed by atoms with E-state index in [-0.39, 0.29) is 0 Å². The molecule has 0 saturated carbocycles. The Morgan fingerprint density at radius 2 is 1.11 bits per heavy atom. The highest BCUT2D eigenvalue weighted by atomic mass is 16.5. The van der Waals surface area contributed by atoms with Crippen molar-refractivity contribution in [3.63, 3.8) is 0 Å². The van der Waals surface area contributed by atoms with Gasteiger partial charge >= 0.3 is 0 Å². The SMILES string of the molecule is CC.CCCCCCn1c(C)ccc1C.CCOCCn1c(C)ccc1C. The van der Waals surface area contributed by atoms with E-state index >= 15 is 0 Å². The summed E-state index contributed by atoms with van der Waals surface area (Å²) < 4.78 is 9.98. The van der Waals surface area contributed by atoms with Gasteiger partial charge in [-0.25, -0.2) is 0 Å². The Labute approximate surface area is 168 Å². The molecule has 156 valence electrons.